The molecule has 3 aromatic rings. The Balaban J connectivity index is 1.83. The van der Waals surface area contributed by atoms with Crippen LogP contribution in [0.15, 0.2) is 53.3 Å². The van der Waals surface area contributed by atoms with Gasteiger partial charge in [0.1, 0.15) is 11.8 Å². The summed E-state index contributed by atoms with van der Waals surface area (Å²) in [5, 5.41) is 19.5. The fraction of sp³-hybridized carbons (Fsp3) is 0.125. The first-order valence-electron chi connectivity index (χ1n) is 6.93. The van der Waals surface area contributed by atoms with Crippen LogP contribution in [0.5, 0.6) is 0 Å². The first-order valence-corrected chi connectivity index (χ1v) is 7.31. The van der Waals surface area contributed by atoms with Gasteiger partial charge in [0.15, 0.2) is 0 Å². The molecule has 1 atom stereocenters. The number of halogens is 1. The maximum absolute atomic E-state index is 12.5. The fourth-order valence-corrected chi connectivity index (χ4v) is 2.35. The SMILES string of the molecule is O=C(NC(CO)c1ccco1)c1cn[nH]c1-c1ccc(Cl)cc1. The Kier molecular flexibility index (Phi) is 4.45. The Labute approximate surface area is 137 Å². The van der Waals surface area contributed by atoms with Crippen LogP contribution in [-0.4, -0.2) is 27.8 Å². The molecule has 6 nitrogen and oxygen atoms in total. The van der Waals surface area contributed by atoms with Crippen molar-refractivity contribution >= 4 is 17.5 Å². The highest BCUT2D eigenvalue weighted by atomic mass is 35.5. The molecule has 0 aliphatic rings. The molecule has 1 aromatic carbocycles. The standard InChI is InChI=1S/C16H14ClN3O3/c17-11-5-3-10(4-6-11)15-12(8-18-20-15)16(22)19-13(9-21)14-2-1-7-23-14/h1-8,13,21H,9H2,(H,18,20)(H,19,22). The molecule has 3 N–H and O–H groups in total. The van der Waals surface area contributed by atoms with E-state index in [2.05, 4.69) is 15.5 Å². The minimum atomic E-state index is -0.620. The number of hydrogen-bond donors (Lipinski definition) is 3. The van der Waals surface area contributed by atoms with Gasteiger partial charge in [-0.15, -0.1) is 0 Å². The van der Waals surface area contributed by atoms with Crippen molar-refractivity contribution in [2.75, 3.05) is 6.61 Å². The lowest BCUT2D eigenvalue weighted by Crippen LogP contribution is -2.30. The van der Waals surface area contributed by atoms with Gasteiger partial charge >= 0.3 is 0 Å². The van der Waals surface area contributed by atoms with Crippen LogP contribution >= 0.6 is 11.6 Å². The number of furan rings is 1. The predicted molar refractivity (Wildman–Crippen MR) is 85.0 cm³/mol. The highest BCUT2D eigenvalue weighted by molar-refractivity contribution is 6.30. The van der Waals surface area contributed by atoms with Gasteiger partial charge in [-0.05, 0) is 24.3 Å². The Morgan fingerprint density at radius 3 is 2.78 bits per heavy atom. The number of rotatable bonds is 5. The fourth-order valence-electron chi connectivity index (χ4n) is 2.23. The highest BCUT2D eigenvalue weighted by Crippen LogP contribution is 2.23. The normalized spacial score (nSPS) is 12.1. The van der Waals surface area contributed by atoms with Crippen molar-refractivity contribution in [3.8, 4) is 11.3 Å². The number of hydrogen-bond acceptors (Lipinski definition) is 4. The number of aromatic amines is 1. The zero-order chi connectivity index (χ0) is 16.2. The molecule has 23 heavy (non-hydrogen) atoms. The zero-order valence-electron chi connectivity index (χ0n) is 12.0. The number of carbonyl (C=O) groups excluding carboxylic acids is 1. The van der Waals surface area contributed by atoms with Crippen LogP contribution in [-0.2, 0) is 0 Å². The lowest BCUT2D eigenvalue weighted by molar-refractivity contribution is 0.0908. The smallest absolute Gasteiger partial charge is 0.255 e. The van der Waals surface area contributed by atoms with Crippen molar-refractivity contribution in [1.82, 2.24) is 15.5 Å². The second kappa shape index (κ2) is 6.68. The van der Waals surface area contributed by atoms with Crippen molar-refractivity contribution < 1.29 is 14.3 Å². The van der Waals surface area contributed by atoms with E-state index in [1.165, 1.54) is 12.5 Å². The molecular weight excluding hydrogens is 318 g/mol. The second-order valence-corrected chi connectivity index (χ2v) is 5.33. The third kappa shape index (κ3) is 3.28. The molecule has 3 rings (SSSR count). The highest BCUT2D eigenvalue weighted by Gasteiger charge is 2.21. The largest absolute Gasteiger partial charge is 0.467 e. The molecule has 0 aliphatic heterocycles. The summed E-state index contributed by atoms with van der Waals surface area (Å²) >= 11 is 5.88. The van der Waals surface area contributed by atoms with Gasteiger partial charge < -0.3 is 14.8 Å². The van der Waals surface area contributed by atoms with Gasteiger partial charge in [-0.2, -0.15) is 5.10 Å². The summed E-state index contributed by atoms with van der Waals surface area (Å²) in [7, 11) is 0. The summed E-state index contributed by atoms with van der Waals surface area (Å²) in [5.74, 6) is 0.122. The van der Waals surface area contributed by atoms with Crippen molar-refractivity contribution in [3.63, 3.8) is 0 Å². The average Bonchev–Trinajstić information content (AvgIpc) is 3.24. The Morgan fingerprint density at radius 1 is 1.35 bits per heavy atom. The Bertz CT molecular complexity index is 781. The summed E-state index contributed by atoms with van der Waals surface area (Å²) in [5.41, 5.74) is 1.74. The molecule has 0 spiro atoms. The number of benzene rings is 1. The first-order chi connectivity index (χ1) is 11.2. The van der Waals surface area contributed by atoms with E-state index in [1.807, 2.05) is 0 Å². The van der Waals surface area contributed by atoms with Gasteiger partial charge in [0.25, 0.3) is 5.91 Å². The number of aliphatic hydroxyl groups is 1. The van der Waals surface area contributed by atoms with E-state index in [4.69, 9.17) is 16.0 Å². The third-order valence-corrected chi connectivity index (χ3v) is 3.64. The van der Waals surface area contributed by atoms with E-state index >= 15 is 0 Å². The van der Waals surface area contributed by atoms with E-state index in [0.717, 1.165) is 5.56 Å². The van der Waals surface area contributed by atoms with Crippen molar-refractivity contribution in [2.24, 2.45) is 0 Å². The van der Waals surface area contributed by atoms with Crippen LogP contribution in [0.3, 0.4) is 0 Å². The summed E-state index contributed by atoms with van der Waals surface area (Å²) in [6.45, 7) is -0.270. The van der Waals surface area contributed by atoms with Gasteiger partial charge in [-0.3, -0.25) is 9.89 Å². The number of nitrogens with zero attached hydrogens (tertiary/aromatic N) is 1. The first kappa shape index (κ1) is 15.3. The number of H-pyrrole nitrogens is 1. The van der Waals surface area contributed by atoms with E-state index in [1.54, 1.807) is 36.4 Å². The lowest BCUT2D eigenvalue weighted by Gasteiger charge is -2.14. The van der Waals surface area contributed by atoms with Crippen molar-refractivity contribution in [3.05, 3.63) is 65.2 Å². The van der Waals surface area contributed by atoms with Crippen molar-refractivity contribution in [1.29, 1.82) is 0 Å². The molecule has 2 heterocycles. The molecule has 1 unspecified atom stereocenters. The molecule has 0 fully saturated rings. The maximum atomic E-state index is 12.5. The van der Waals surface area contributed by atoms with Crippen LogP contribution in [0, 0.1) is 0 Å². The molecule has 2 aromatic heterocycles. The van der Waals surface area contributed by atoms with Crippen LogP contribution < -0.4 is 5.32 Å². The van der Waals surface area contributed by atoms with Gasteiger partial charge in [-0.25, -0.2) is 0 Å². The van der Waals surface area contributed by atoms with E-state index < -0.39 is 6.04 Å². The molecule has 0 saturated heterocycles. The van der Waals surface area contributed by atoms with Crippen LogP contribution in [0.4, 0.5) is 0 Å². The summed E-state index contributed by atoms with van der Waals surface area (Å²) in [6.07, 6.45) is 2.93. The van der Waals surface area contributed by atoms with Gasteiger partial charge in [0.05, 0.1) is 30.3 Å². The molecule has 0 bridgehead atoms. The quantitative estimate of drug-likeness (QED) is 0.670. The van der Waals surface area contributed by atoms with Crippen LogP contribution in [0.1, 0.15) is 22.2 Å². The predicted octanol–water partition coefficient (Wildman–Crippen LogP) is 2.79. The topological polar surface area (TPSA) is 91.2 Å². The minimum Gasteiger partial charge on any atom is -0.467 e. The Morgan fingerprint density at radius 2 is 2.13 bits per heavy atom. The summed E-state index contributed by atoms with van der Waals surface area (Å²) in [6, 6.07) is 9.83. The maximum Gasteiger partial charge on any atom is 0.255 e. The average molecular weight is 332 g/mol. The summed E-state index contributed by atoms with van der Waals surface area (Å²) < 4.78 is 5.22. The van der Waals surface area contributed by atoms with E-state index in [9.17, 15) is 9.90 Å². The molecule has 118 valence electrons. The molecule has 0 aliphatic carbocycles. The molecular formula is C16H14ClN3O3. The number of aromatic nitrogens is 2. The monoisotopic (exact) mass is 331 g/mol. The van der Waals surface area contributed by atoms with Gasteiger partial charge in [0, 0.05) is 10.6 Å². The molecule has 7 heteroatoms. The van der Waals surface area contributed by atoms with Crippen molar-refractivity contribution in [2.45, 2.75) is 6.04 Å². The van der Waals surface area contributed by atoms with Gasteiger partial charge in [-0.1, -0.05) is 23.7 Å². The minimum absolute atomic E-state index is 0.270. The van der Waals surface area contributed by atoms with E-state index in [-0.39, 0.29) is 12.5 Å². The number of nitrogens with one attached hydrogen (secondary N) is 2. The molecule has 0 saturated carbocycles. The van der Waals surface area contributed by atoms with Crippen LogP contribution in [0.25, 0.3) is 11.3 Å². The number of amides is 1. The molecule has 0 radical (unpaired) electrons. The lowest BCUT2D eigenvalue weighted by atomic mass is 10.1. The third-order valence-electron chi connectivity index (χ3n) is 3.39. The zero-order valence-corrected chi connectivity index (χ0v) is 12.7. The summed E-state index contributed by atoms with van der Waals surface area (Å²) in [4.78, 5) is 12.5. The number of carbonyl (C=O) groups is 1. The number of aliphatic hydroxyl groups excluding tert-OH is 1. The molecule has 1 amide bonds. The van der Waals surface area contributed by atoms with E-state index in [0.29, 0.717) is 22.0 Å². The second-order valence-electron chi connectivity index (χ2n) is 4.89. The Hall–Kier alpha value is -2.57. The van der Waals surface area contributed by atoms with Gasteiger partial charge in [0.2, 0.25) is 0 Å². The van der Waals surface area contributed by atoms with Crippen LogP contribution in [0.2, 0.25) is 5.02 Å².